The molecule has 2 heterocycles. The molecule has 0 radical (unpaired) electrons. The van der Waals surface area contributed by atoms with E-state index < -0.39 is 0 Å². The van der Waals surface area contributed by atoms with E-state index in [2.05, 4.69) is 16.0 Å². The van der Waals surface area contributed by atoms with E-state index >= 15 is 0 Å². The van der Waals surface area contributed by atoms with Crippen LogP contribution < -0.4 is 4.74 Å². The van der Waals surface area contributed by atoms with Crippen molar-refractivity contribution in [2.24, 2.45) is 0 Å². The lowest BCUT2D eigenvalue weighted by Gasteiger charge is -2.34. The fourth-order valence-electron chi connectivity index (χ4n) is 3.65. The molecule has 0 aliphatic carbocycles. The Bertz CT molecular complexity index is 1090. The summed E-state index contributed by atoms with van der Waals surface area (Å²) >= 11 is 1.45. The van der Waals surface area contributed by atoms with E-state index in [0.717, 1.165) is 41.6 Å². The van der Waals surface area contributed by atoms with Gasteiger partial charge in [-0.2, -0.15) is 5.26 Å². The van der Waals surface area contributed by atoms with Crippen LogP contribution in [0.2, 0.25) is 0 Å². The summed E-state index contributed by atoms with van der Waals surface area (Å²) in [6, 6.07) is 17.6. The first-order valence-corrected chi connectivity index (χ1v) is 11.0. The highest BCUT2D eigenvalue weighted by Crippen LogP contribution is 2.30. The average molecular weight is 433 g/mol. The third kappa shape index (κ3) is 4.76. The molecule has 1 fully saturated rings. The first-order chi connectivity index (χ1) is 15.1. The summed E-state index contributed by atoms with van der Waals surface area (Å²) in [6.07, 6.45) is 0. The van der Waals surface area contributed by atoms with Crippen LogP contribution in [-0.4, -0.2) is 54.0 Å². The number of benzene rings is 2. The molecule has 1 aromatic heterocycles. The topological polar surface area (TPSA) is 69.5 Å². The van der Waals surface area contributed by atoms with E-state index in [9.17, 15) is 4.79 Å². The van der Waals surface area contributed by atoms with Gasteiger partial charge in [0.25, 0.3) is 5.91 Å². The van der Waals surface area contributed by atoms with Crippen LogP contribution in [0, 0.1) is 18.3 Å². The van der Waals surface area contributed by atoms with Gasteiger partial charge >= 0.3 is 0 Å². The molecule has 1 saturated heterocycles. The van der Waals surface area contributed by atoms with Crippen molar-refractivity contribution >= 4 is 17.2 Å². The molecule has 2 aromatic carbocycles. The van der Waals surface area contributed by atoms with Crippen molar-refractivity contribution in [3.63, 3.8) is 0 Å². The van der Waals surface area contributed by atoms with Crippen LogP contribution in [-0.2, 0) is 6.54 Å². The summed E-state index contributed by atoms with van der Waals surface area (Å²) in [6.45, 7) is 5.78. The quantitative estimate of drug-likeness (QED) is 0.610. The number of methoxy groups -OCH3 is 1. The SMILES string of the molecule is COc1ccc(-c2nc(C)c(C(=O)N3CCN(Cc4ccc(C#N)cc4)CC3)s2)cc1. The molecule has 4 rings (SSSR count). The van der Waals surface area contributed by atoms with E-state index in [1.54, 1.807) is 7.11 Å². The van der Waals surface area contributed by atoms with Crippen LogP contribution in [0.5, 0.6) is 5.75 Å². The van der Waals surface area contributed by atoms with Crippen LogP contribution in [0.3, 0.4) is 0 Å². The Hall–Kier alpha value is -3.21. The number of hydrogen-bond acceptors (Lipinski definition) is 6. The van der Waals surface area contributed by atoms with Gasteiger partial charge in [0, 0.05) is 38.3 Å². The van der Waals surface area contributed by atoms with Gasteiger partial charge in [0.2, 0.25) is 0 Å². The predicted molar refractivity (Wildman–Crippen MR) is 121 cm³/mol. The van der Waals surface area contributed by atoms with Gasteiger partial charge in [0.05, 0.1) is 24.4 Å². The molecule has 0 saturated carbocycles. The Labute approximate surface area is 186 Å². The molecule has 3 aromatic rings. The van der Waals surface area contributed by atoms with Gasteiger partial charge in [-0.15, -0.1) is 11.3 Å². The number of carbonyl (C=O) groups excluding carboxylic acids is 1. The fraction of sp³-hybridized carbons (Fsp3) is 0.292. The third-order valence-electron chi connectivity index (χ3n) is 5.48. The Morgan fingerprint density at radius 1 is 1.10 bits per heavy atom. The van der Waals surface area contributed by atoms with Crippen molar-refractivity contribution in [2.75, 3.05) is 33.3 Å². The molecular formula is C24H24N4O2S. The average Bonchev–Trinajstić information content (AvgIpc) is 3.21. The van der Waals surface area contributed by atoms with Crippen molar-refractivity contribution in [3.05, 3.63) is 70.2 Å². The van der Waals surface area contributed by atoms with Gasteiger partial charge in [-0.1, -0.05) is 12.1 Å². The van der Waals surface area contributed by atoms with Crippen molar-refractivity contribution in [1.29, 1.82) is 5.26 Å². The minimum Gasteiger partial charge on any atom is -0.497 e. The molecule has 1 amide bonds. The highest BCUT2D eigenvalue weighted by molar-refractivity contribution is 7.17. The molecule has 0 spiro atoms. The molecule has 1 aliphatic heterocycles. The normalized spacial score (nSPS) is 14.3. The summed E-state index contributed by atoms with van der Waals surface area (Å²) < 4.78 is 5.21. The summed E-state index contributed by atoms with van der Waals surface area (Å²) in [7, 11) is 1.64. The van der Waals surface area contributed by atoms with E-state index in [-0.39, 0.29) is 5.91 Å². The number of rotatable bonds is 5. The molecule has 158 valence electrons. The Balaban J connectivity index is 1.38. The number of aryl methyl sites for hydroxylation is 1. The molecule has 0 bridgehead atoms. The number of thiazole rings is 1. The molecule has 0 N–H and O–H groups in total. The van der Waals surface area contributed by atoms with E-state index in [1.807, 2.05) is 60.4 Å². The van der Waals surface area contributed by atoms with Crippen LogP contribution in [0.1, 0.15) is 26.5 Å². The second kappa shape index (κ2) is 9.29. The van der Waals surface area contributed by atoms with Crippen LogP contribution in [0.25, 0.3) is 10.6 Å². The summed E-state index contributed by atoms with van der Waals surface area (Å²) in [4.78, 5) is 22.7. The van der Waals surface area contributed by atoms with Crippen molar-refractivity contribution in [2.45, 2.75) is 13.5 Å². The zero-order valence-corrected chi connectivity index (χ0v) is 18.5. The molecule has 7 heteroatoms. The minimum absolute atomic E-state index is 0.0628. The van der Waals surface area contributed by atoms with Gasteiger partial charge < -0.3 is 9.64 Å². The van der Waals surface area contributed by atoms with Crippen molar-refractivity contribution in [3.8, 4) is 22.4 Å². The van der Waals surface area contributed by atoms with E-state index in [0.29, 0.717) is 23.5 Å². The largest absolute Gasteiger partial charge is 0.497 e. The highest BCUT2D eigenvalue weighted by atomic mass is 32.1. The van der Waals surface area contributed by atoms with E-state index in [1.165, 1.54) is 16.9 Å². The van der Waals surface area contributed by atoms with Crippen LogP contribution in [0.15, 0.2) is 48.5 Å². The maximum Gasteiger partial charge on any atom is 0.265 e. The first kappa shape index (κ1) is 21.0. The number of nitriles is 1. The number of aromatic nitrogens is 1. The second-order valence-electron chi connectivity index (χ2n) is 7.54. The molecule has 1 aliphatic rings. The lowest BCUT2D eigenvalue weighted by molar-refractivity contribution is 0.0632. The molecule has 6 nitrogen and oxygen atoms in total. The maximum atomic E-state index is 13.1. The molecule has 0 unspecified atom stereocenters. The monoisotopic (exact) mass is 432 g/mol. The van der Waals surface area contributed by atoms with Gasteiger partial charge in [0.1, 0.15) is 15.6 Å². The maximum absolute atomic E-state index is 13.1. The van der Waals surface area contributed by atoms with Crippen molar-refractivity contribution in [1.82, 2.24) is 14.8 Å². The zero-order chi connectivity index (χ0) is 21.8. The predicted octanol–water partition coefficient (Wildman–Crippen LogP) is 3.96. The minimum atomic E-state index is 0.0628. The van der Waals surface area contributed by atoms with Gasteiger partial charge in [-0.25, -0.2) is 4.98 Å². The number of ether oxygens (including phenoxy) is 1. The van der Waals surface area contributed by atoms with Gasteiger partial charge in [-0.3, -0.25) is 9.69 Å². The molecule has 31 heavy (non-hydrogen) atoms. The first-order valence-electron chi connectivity index (χ1n) is 10.2. The Morgan fingerprint density at radius 3 is 2.39 bits per heavy atom. The molecule has 0 atom stereocenters. The van der Waals surface area contributed by atoms with Crippen LogP contribution in [0.4, 0.5) is 0 Å². The number of nitrogens with zero attached hydrogens (tertiary/aromatic N) is 4. The Kier molecular flexibility index (Phi) is 6.31. The van der Waals surface area contributed by atoms with Gasteiger partial charge in [-0.05, 0) is 48.9 Å². The fourth-order valence-corrected chi connectivity index (χ4v) is 4.69. The third-order valence-corrected chi connectivity index (χ3v) is 6.67. The number of amides is 1. The lowest BCUT2D eigenvalue weighted by atomic mass is 10.1. The van der Waals surface area contributed by atoms with Crippen molar-refractivity contribution < 1.29 is 9.53 Å². The summed E-state index contributed by atoms with van der Waals surface area (Å²) in [5, 5.41) is 9.78. The second-order valence-corrected chi connectivity index (χ2v) is 8.54. The zero-order valence-electron chi connectivity index (χ0n) is 17.7. The number of carbonyl (C=O) groups is 1. The standard InChI is InChI=1S/C24H24N4O2S/c1-17-22(31-23(26-17)20-7-9-21(30-2)10-8-20)24(29)28-13-11-27(12-14-28)16-19-5-3-18(15-25)4-6-19/h3-10H,11-14,16H2,1-2H3. The molecular weight excluding hydrogens is 408 g/mol. The smallest absolute Gasteiger partial charge is 0.265 e. The number of hydrogen-bond donors (Lipinski definition) is 0. The van der Waals surface area contributed by atoms with Gasteiger partial charge in [0.15, 0.2) is 0 Å². The Morgan fingerprint density at radius 2 is 1.77 bits per heavy atom. The van der Waals surface area contributed by atoms with E-state index in [4.69, 9.17) is 10.00 Å². The summed E-state index contributed by atoms with van der Waals surface area (Å²) in [5.41, 5.74) is 3.62. The number of piperazine rings is 1. The highest BCUT2D eigenvalue weighted by Gasteiger charge is 2.25. The lowest BCUT2D eigenvalue weighted by Crippen LogP contribution is -2.48. The summed E-state index contributed by atoms with van der Waals surface area (Å²) in [5.74, 6) is 0.861. The van der Waals surface area contributed by atoms with Crippen LogP contribution >= 0.6 is 11.3 Å².